The zero-order chi connectivity index (χ0) is 10.8. The highest BCUT2D eigenvalue weighted by atomic mass is 32.2. The zero-order valence-electron chi connectivity index (χ0n) is 7.66. The standard InChI is InChI=1S/C9H12O4S/c1-7(9(10)14(11,12)13)8-5-3-2-4-6-8/h2-7,9-10H,1H3,(H,11,12,13)/t7-,9-/m0/s1. The van der Waals surface area contributed by atoms with Crippen LogP contribution < -0.4 is 0 Å². The highest BCUT2D eigenvalue weighted by molar-refractivity contribution is 7.86. The molecule has 0 heterocycles. The largest absolute Gasteiger partial charge is 0.375 e. The minimum Gasteiger partial charge on any atom is -0.375 e. The molecule has 1 aromatic carbocycles. The first-order valence-corrected chi connectivity index (χ1v) is 5.62. The Bertz CT molecular complexity index is 385. The lowest BCUT2D eigenvalue weighted by Gasteiger charge is -2.15. The van der Waals surface area contributed by atoms with Crippen molar-refractivity contribution in [1.29, 1.82) is 0 Å². The van der Waals surface area contributed by atoms with Crippen molar-refractivity contribution in [2.24, 2.45) is 0 Å². The van der Waals surface area contributed by atoms with Gasteiger partial charge < -0.3 is 5.11 Å². The molecular weight excluding hydrogens is 204 g/mol. The summed E-state index contributed by atoms with van der Waals surface area (Å²) in [6, 6.07) is 8.65. The molecule has 1 rings (SSSR count). The van der Waals surface area contributed by atoms with Gasteiger partial charge in [-0.1, -0.05) is 37.3 Å². The van der Waals surface area contributed by atoms with E-state index in [4.69, 9.17) is 4.55 Å². The quantitative estimate of drug-likeness (QED) is 0.739. The fourth-order valence-corrected chi connectivity index (χ4v) is 1.85. The van der Waals surface area contributed by atoms with Crippen LogP contribution in [0, 0.1) is 0 Å². The second-order valence-corrected chi connectivity index (χ2v) is 4.62. The summed E-state index contributed by atoms with van der Waals surface area (Å²) in [6.07, 6.45) is 0. The predicted octanol–water partition coefficient (Wildman–Crippen LogP) is 0.996. The molecule has 0 aliphatic heterocycles. The second kappa shape index (κ2) is 4.08. The molecule has 78 valence electrons. The van der Waals surface area contributed by atoms with Crippen LogP contribution in [0.1, 0.15) is 18.4 Å². The van der Waals surface area contributed by atoms with Crippen molar-refractivity contribution < 1.29 is 18.1 Å². The highest BCUT2D eigenvalue weighted by Gasteiger charge is 2.27. The normalized spacial score (nSPS) is 16.2. The van der Waals surface area contributed by atoms with E-state index in [9.17, 15) is 13.5 Å². The van der Waals surface area contributed by atoms with Crippen molar-refractivity contribution in [3.05, 3.63) is 35.9 Å². The lowest BCUT2D eigenvalue weighted by molar-refractivity contribution is 0.209. The average Bonchev–Trinajstić information content (AvgIpc) is 2.15. The summed E-state index contributed by atoms with van der Waals surface area (Å²) in [5.41, 5.74) is -1.11. The summed E-state index contributed by atoms with van der Waals surface area (Å²) in [7, 11) is -4.39. The van der Waals surface area contributed by atoms with Crippen molar-refractivity contribution in [2.75, 3.05) is 0 Å². The fraction of sp³-hybridized carbons (Fsp3) is 0.333. The molecule has 0 amide bonds. The van der Waals surface area contributed by atoms with Gasteiger partial charge in [-0.25, -0.2) is 0 Å². The van der Waals surface area contributed by atoms with Crippen molar-refractivity contribution in [3.8, 4) is 0 Å². The molecule has 1 aromatic rings. The minimum absolute atomic E-state index is 0.647. The van der Waals surface area contributed by atoms with Crippen LogP contribution >= 0.6 is 0 Å². The van der Waals surface area contributed by atoms with E-state index in [-0.39, 0.29) is 0 Å². The van der Waals surface area contributed by atoms with E-state index in [1.807, 2.05) is 0 Å². The zero-order valence-corrected chi connectivity index (χ0v) is 8.48. The van der Waals surface area contributed by atoms with Crippen molar-refractivity contribution in [3.63, 3.8) is 0 Å². The number of hydrogen-bond acceptors (Lipinski definition) is 3. The van der Waals surface area contributed by atoms with E-state index in [1.165, 1.54) is 6.92 Å². The van der Waals surface area contributed by atoms with Crippen molar-refractivity contribution >= 4 is 10.1 Å². The number of aliphatic hydroxyl groups is 1. The fourth-order valence-electron chi connectivity index (χ4n) is 1.18. The molecule has 4 nitrogen and oxygen atoms in total. The molecule has 0 aliphatic carbocycles. The van der Waals surface area contributed by atoms with Crippen molar-refractivity contribution in [2.45, 2.75) is 18.3 Å². The smallest absolute Gasteiger partial charge is 0.292 e. The molecule has 0 saturated heterocycles. The third-order valence-corrected chi connectivity index (χ3v) is 3.08. The molecule has 2 N–H and O–H groups in total. The predicted molar refractivity (Wildman–Crippen MR) is 52.4 cm³/mol. The lowest BCUT2D eigenvalue weighted by Crippen LogP contribution is -2.25. The van der Waals surface area contributed by atoms with Crippen LogP contribution in [0.5, 0.6) is 0 Å². The topological polar surface area (TPSA) is 74.6 Å². The van der Waals surface area contributed by atoms with E-state index in [0.29, 0.717) is 5.56 Å². The number of hydrogen-bond donors (Lipinski definition) is 2. The van der Waals surface area contributed by atoms with Gasteiger partial charge in [-0.2, -0.15) is 8.42 Å². The molecule has 5 heteroatoms. The van der Waals surface area contributed by atoms with Crippen molar-refractivity contribution in [1.82, 2.24) is 0 Å². The highest BCUT2D eigenvalue weighted by Crippen LogP contribution is 2.21. The maximum Gasteiger partial charge on any atom is 0.292 e. The van der Waals surface area contributed by atoms with E-state index in [0.717, 1.165) is 0 Å². The molecule has 0 fully saturated rings. The van der Waals surface area contributed by atoms with Crippen LogP contribution in [0.25, 0.3) is 0 Å². The van der Waals surface area contributed by atoms with Crippen LogP contribution in [0.2, 0.25) is 0 Å². The first-order chi connectivity index (χ1) is 6.43. The monoisotopic (exact) mass is 216 g/mol. The molecule has 0 bridgehead atoms. The Labute approximate surface area is 82.9 Å². The maximum atomic E-state index is 10.7. The van der Waals surface area contributed by atoms with Gasteiger partial charge in [-0.05, 0) is 5.56 Å². The molecule has 0 radical (unpaired) electrons. The van der Waals surface area contributed by atoms with Crippen LogP contribution in [0.3, 0.4) is 0 Å². The van der Waals surface area contributed by atoms with Crippen LogP contribution in [0.15, 0.2) is 30.3 Å². The van der Waals surface area contributed by atoms with Gasteiger partial charge in [-0.15, -0.1) is 0 Å². The van der Waals surface area contributed by atoms with Gasteiger partial charge in [0.2, 0.25) is 0 Å². The summed E-state index contributed by atoms with van der Waals surface area (Å²) in [6.45, 7) is 1.54. The van der Waals surface area contributed by atoms with E-state index >= 15 is 0 Å². The van der Waals surface area contributed by atoms with Crippen LogP contribution in [-0.4, -0.2) is 23.5 Å². The van der Waals surface area contributed by atoms with Gasteiger partial charge >= 0.3 is 0 Å². The Kier molecular flexibility index (Phi) is 3.25. The Morgan fingerprint density at radius 3 is 2.14 bits per heavy atom. The summed E-state index contributed by atoms with van der Waals surface area (Å²) >= 11 is 0. The Hall–Kier alpha value is -0.910. The Morgan fingerprint density at radius 1 is 1.21 bits per heavy atom. The molecule has 2 atom stereocenters. The van der Waals surface area contributed by atoms with Gasteiger partial charge in [0.25, 0.3) is 10.1 Å². The molecule has 0 aromatic heterocycles. The molecule has 14 heavy (non-hydrogen) atoms. The Morgan fingerprint density at radius 2 is 1.71 bits per heavy atom. The van der Waals surface area contributed by atoms with E-state index in [2.05, 4.69) is 0 Å². The maximum absolute atomic E-state index is 10.7. The van der Waals surface area contributed by atoms with Gasteiger partial charge in [0.05, 0.1) is 0 Å². The van der Waals surface area contributed by atoms with Crippen LogP contribution in [0.4, 0.5) is 0 Å². The van der Waals surface area contributed by atoms with Crippen LogP contribution in [-0.2, 0) is 10.1 Å². The van der Waals surface area contributed by atoms with Gasteiger partial charge in [-0.3, -0.25) is 4.55 Å². The summed E-state index contributed by atoms with van der Waals surface area (Å²) in [5.74, 6) is -0.647. The summed E-state index contributed by atoms with van der Waals surface area (Å²) < 4.78 is 29.9. The molecule has 0 unspecified atom stereocenters. The third-order valence-electron chi connectivity index (χ3n) is 2.06. The average molecular weight is 216 g/mol. The Balaban J connectivity index is 2.92. The van der Waals surface area contributed by atoms with Gasteiger partial charge in [0, 0.05) is 5.92 Å². The third kappa shape index (κ3) is 2.54. The molecule has 0 spiro atoms. The SMILES string of the molecule is C[C@@H](c1ccccc1)[C@@H](O)S(=O)(=O)O. The first-order valence-electron chi connectivity index (χ1n) is 4.12. The molecular formula is C9H12O4S. The summed E-state index contributed by atoms with van der Waals surface area (Å²) in [5, 5.41) is 9.27. The van der Waals surface area contributed by atoms with E-state index < -0.39 is 21.5 Å². The number of aliphatic hydroxyl groups excluding tert-OH is 1. The second-order valence-electron chi connectivity index (χ2n) is 3.10. The number of rotatable bonds is 3. The van der Waals surface area contributed by atoms with Gasteiger partial charge in [0.15, 0.2) is 5.44 Å². The van der Waals surface area contributed by atoms with E-state index in [1.54, 1.807) is 30.3 Å². The minimum atomic E-state index is -4.39. The van der Waals surface area contributed by atoms with Gasteiger partial charge in [0.1, 0.15) is 0 Å². The lowest BCUT2D eigenvalue weighted by atomic mass is 10.0. The first kappa shape index (κ1) is 11.2. The molecule has 0 aliphatic rings. The summed E-state index contributed by atoms with van der Waals surface area (Å²) in [4.78, 5) is 0. The molecule has 0 saturated carbocycles. The number of benzene rings is 1.